The molecule has 0 aromatic heterocycles. The van der Waals surface area contributed by atoms with Crippen molar-refractivity contribution in [3.63, 3.8) is 0 Å². The highest BCUT2D eigenvalue weighted by molar-refractivity contribution is 7.89. The summed E-state index contributed by atoms with van der Waals surface area (Å²) in [6, 6.07) is 2.65. The van der Waals surface area contributed by atoms with Crippen molar-refractivity contribution in [2.24, 2.45) is 0 Å². The third kappa shape index (κ3) is 4.55. The Hall–Kier alpha value is -1.51. The normalized spacial score (nSPS) is 11.5. The van der Waals surface area contributed by atoms with Crippen LogP contribution in [0.5, 0.6) is 0 Å². The molecule has 0 spiro atoms. The smallest absolute Gasteiger partial charge is 0.338 e. The molecule has 8 heteroatoms. The number of sulfonamides is 1. The van der Waals surface area contributed by atoms with Crippen LogP contribution < -0.4 is 4.72 Å². The lowest BCUT2D eigenvalue weighted by atomic mass is 10.2. The van der Waals surface area contributed by atoms with Gasteiger partial charge in [-0.25, -0.2) is 22.3 Å². The summed E-state index contributed by atoms with van der Waals surface area (Å²) in [4.78, 5) is 10.5. The lowest BCUT2D eigenvalue weighted by Gasteiger charge is -2.07. The molecule has 0 heterocycles. The van der Waals surface area contributed by atoms with Gasteiger partial charge in [-0.2, -0.15) is 0 Å². The molecule has 6 nitrogen and oxygen atoms in total. The number of methoxy groups -OCH3 is 1. The fraction of sp³-hybridized carbons (Fsp3) is 0.417. The summed E-state index contributed by atoms with van der Waals surface area (Å²) in [5, 5.41) is 8.76. The van der Waals surface area contributed by atoms with Gasteiger partial charge in [0.2, 0.25) is 10.0 Å². The van der Waals surface area contributed by atoms with E-state index in [0.717, 1.165) is 18.2 Å². The molecule has 0 saturated heterocycles. The van der Waals surface area contributed by atoms with E-state index in [4.69, 9.17) is 9.84 Å². The van der Waals surface area contributed by atoms with E-state index in [-0.39, 0.29) is 11.4 Å². The van der Waals surface area contributed by atoms with Crippen molar-refractivity contribution >= 4 is 16.0 Å². The Labute approximate surface area is 116 Å². The largest absolute Gasteiger partial charge is 0.478 e. The van der Waals surface area contributed by atoms with E-state index >= 15 is 0 Å². The Kier molecular flexibility index (Phi) is 6.05. The molecule has 1 aromatic carbocycles. The van der Waals surface area contributed by atoms with Crippen molar-refractivity contribution in [1.82, 2.24) is 4.72 Å². The lowest BCUT2D eigenvalue weighted by Crippen LogP contribution is -2.25. The molecular formula is C12H16FNO5S. The molecule has 0 amide bonds. The number of benzene rings is 1. The van der Waals surface area contributed by atoms with Crippen molar-refractivity contribution in [3.05, 3.63) is 29.6 Å². The fourth-order valence-corrected chi connectivity index (χ4v) is 2.60. The maximum absolute atomic E-state index is 13.2. The van der Waals surface area contributed by atoms with Gasteiger partial charge in [0.1, 0.15) is 5.82 Å². The van der Waals surface area contributed by atoms with Crippen LogP contribution in [0.25, 0.3) is 0 Å². The number of rotatable bonds is 8. The molecule has 20 heavy (non-hydrogen) atoms. The van der Waals surface area contributed by atoms with Gasteiger partial charge < -0.3 is 9.84 Å². The predicted molar refractivity (Wildman–Crippen MR) is 69.7 cm³/mol. The van der Waals surface area contributed by atoms with Gasteiger partial charge in [0, 0.05) is 20.3 Å². The third-order valence-corrected chi connectivity index (χ3v) is 4.00. The summed E-state index contributed by atoms with van der Waals surface area (Å²) < 4.78 is 44.1. The van der Waals surface area contributed by atoms with Crippen LogP contribution in [0.2, 0.25) is 0 Å². The van der Waals surface area contributed by atoms with Gasteiger partial charge in [-0.3, -0.25) is 0 Å². The molecule has 2 N–H and O–H groups in total. The molecular weight excluding hydrogens is 289 g/mol. The maximum Gasteiger partial charge on any atom is 0.338 e. The standard InChI is InChI=1S/C12H16FNO5S/c1-19-7-3-2-6-14-20(17,18)9-4-5-11(13)10(8-9)12(15)16/h4-5,8,14H,2-3,6-7H2,1H3,(H,15,16). The summed E-state index contributed by atoms with van der Waals surface area (Å²) >= 11 is 0. The Bertz CT molecular complexity index is 573. The second-order valence-electron chi connectivity index (χ2n) is 4.04. The number of hydrogen-bond acceptors (Lipinski definition) is 4. The average molecular weight is 305 g/mol. The van der Waals surface area contributed by atoms with Gasteiger partial charge in [-0.1, -0.05) is 0 Å². The zero-order valence-electron chi connectivity index (χ0n) is 10.9. The molecule has 112 valence electrons. The van der Waals surface area contributed by atoms with Crippen LogP contribution in [-0.2, 0) is 14.8 Å². The average Bonchev–Trinajstić information content (AvgIpc) is 2.38. The molecule has 0 fully saturated rings. The van der Waals surface area contributed by atoms with Crippen molar-refractivity contribution < 1.29 is 27.4 Å². The number of unbranched alkanes of at least 4 members (excludes halogenated alkanes) is 1. The van der Waals surface area contributed by atoms with Gasteiger partial charge in [-0.15, -0.1) is 0 Å². The van der Waals surface area contributed by atoms with Crippen LogP contribution >= 0.6 is 0 Å². The molecule has 0 aliphatic heterocycles. The molecule has 0 atom stereocenters. The van der Waals surface area contributed by atoms with Crippen LogP contribution in [0.1, 0.15) is 23.2 Å². The van der Waals surface area contributed by atoms with Gasteiger partial charge in [0.05, 0.1) is 10.5 Å². The first-order valence-electron chi connectivity index (χ1n) is 5.90. The summed E-state index contributed by atoms with van der Waals surface area (Å²) in [5.41, 5.74) is -0.674. The van der Waals surface area contributed by atoms with E-state index in [1.54, 1.807) is 7.11 Å². The number of nitrogens with one attached hydrogen (secondary N) is 1. The van der Waals surface area contributed by atoms with E-state index in [9.17, 15) is 17.6 Å². The summed E-state index contributed by atoms with van der Waals surface area (Å²) in [6.07, 6.45) is 1.28. The first kappa shape index (κ1) is 16.5. The summed E-state index contributed by atoms with van der Waals surface area (Å²) in [5.74, 6) is -2.49. The molecule has 1 rings (SSSR count). The van der Waals surface area contributed by atoms with E-state index in [1.165, 1.54) is 0 Å². The van der Waals surface area contributed by atoms with Crippen LogP contribution in [0.15, 0.2) is 23.1 Å². The Morgan fingerprint density at radius 3 is 2.70 bits per heavy atom. The second kappa shape index (κ2) is 7.32. The van der Waals surface area contributed by atoms with Crippen LogP contribution in [0.3, 0.4) is 0 Å². The van der Waals surface area contributed by atoms with Gasteiger partial charge >= 0.3 is 5.97 Å². The minimum atomic E-state index is -3.84. The molecule has 1 aromatic rings. The predicted octanol–water partition coefficient (Wildman–Crippen LogP) is 1.23. The van der Waals surface area contributed by atoms with E-state index in [1.807, 2.05) is 0 Å². The fourth-order valence-electron chi connectivity index (χ4n) is 1.50. The molecule has 0 aliphatic rings. The first-order chi connectivity index (χ1) is 9.38. The van der Waals surface area contributed by atoms with Crippen molar-refractivity contribution in [1.29, 1.82) is 0 Å². The van der Waals surface area contributed by atoms with Crippen molar-refractivity contribution in [2.75, 3.05) is 20.3 Å². The van der Waals surface area contributed by atoms with Crippen molar-refractivity contribution in [2.45, 2.75) is 17.7 Å². The molecule has 0 aliphatic carbocycles. The minimum Gasteiger partial charge on any atom is -0.478 e. The topological polar surface area (TPSA) is 92.7 Å². The van der Waals surface area contributed by atoms with E-state index < -0.39 is 27.4 Å². The quantitative estimate of drug-likeness (QED) is 0.705. The maximum atomic E-state index is 13.2. The van der Waals surface area contributed by atoms with Crippen LogP contribution in [0, 0.1) is 5.82 Å². The SMILES string of the molecule is COCCCCNS(=O)(=O)c1ccc(F)c(C(=O)O)c1. The minimum absolute atomic E-state index is 0.200. The zero-order valence-corrected chi connectivity index (χ0v) is 11.7. The molecule has 0 unspecified atom stereocenters. The summed E-state index contributed by atoms with van der Waals surface area (Å²) in [7, 11) is -2.29. The Morgan fingerprint density at radius 2 is 2.10 bits per heavy atom. The van der Waals surface area contributed by atoms with Crippen molar-refractivity contribution in [3.8, 4) is 0 Å². The highest BCUT2D eigenvalue weighted by Crippen LogP contribution is 2.15. The van der Waals surface area contributed by atoms with Crippen LogP contribution in [-0.4, -0.2) is 39.8 Å². The third-order valence-electron chi connectivity index (χ3n) is 2.55. The van der Waals surface area contributed by atoms with E-state index in [2.05, 4.69) is 4.72 Å². The lowest BCUT2D eigenvalue weighted by molar-refractivity contribution is 0.0691. The zero-order chi connectivity index (χ0) is 15.2. The summed E-state index contributed by atoms with van der Waals surface area (Å²) in [6.45, 7) is 0.729. The number of ether oxygens (including phenoxy) is 1. The van der Waals surface area contributed by atoms with Gasteiger partial charge in [0.15, 0.2) is 0 Å². The highest BCUT2D eigenvalue weighted by atomic mass is 32.2. The van der Waals surface area contributed by atoms with Gasteiger partial charge in [-0.05, 0) is 31.0 Å². The molecule has 0 radical (unpaired) electrons. The second-order valence-corrected chi connectivity index (χ2v) is 5.81. The Balaban J connectivity index is 2.77. The van der Waals surface area contributed by atoms with Crippen LogP contribution in [0.4, 0.5) is 4.39 Å². The number of hydrogen-bond donors (Lipinski definition) is 2. The molecule has 0 saturated carbocycles. The molecule has 0 bridgehead atoms. The van der Waals surface area contributed by atoms with Gasteiger partial charge in [0.25, 0.3) is 0 Å². The number of carboxylic acid groups (broad SMARTS) is 1. The number of halogens is 1. The van der Waals surface area contributed by atoms with E-state index in [0.29, 0.717) is 19.4 Å². The number of carboxylic acids is 1. The first-order valence-corrected chi connectivity index (χ1v) is 7.38. The monoisotopic (exact) mass is 305 g/mol. The number of aromatic carboxylic acids is 1. The Morgan fingerprint density at radius 1 is 1.40 bits per heavy atom. The highest BCUT2D eigenvalue weighted by Gasteiger charge is 2.18. The number of carbonyl (C=O) groups is 1.